The van der Waals surface area contributed by atoms with Crippen molar-refractivity contribution in [3.05, 3.63) is 54.6 Å². The van der Waals surface area contributed by atoms with E-state index in [1.165, 1.54) is 5.57 Å². The van der Waals surface area contributed by atoms with Crippen LogP contribution in [0.1, 0.15) is 19.8 Å². The number of benzene rings is 1. The van der Waals surface area contributed by atoms with E-state index >= 15 is 0 Å². The molecule has 0 unspecified atom stereocenters. The first-order chi connectivity index (χ1) is 7.36. The Bertz CT molecular complexity index is 347. The van der Waals surface area contributed by atoms with Crippen molar-refractivity contribution < 1.29 is 0 Å². The zero-order valence-electron chi connectivity index (χ0n) is 9.19. The molecule has 0 aliphatic rings. The molecule has 0 saturated carbocycles. The maximum absolute atomic E-state index is 4.40. The number of nitrogens with zero attached hydrogens (tertiary/aromatic N) is 1. The summed E-state index contributed by atoms with van der Waals surface area (Å²) in [6.45, 7) is 5.86. The summed E-state index contributed by atoms with van der Waals surface area (Å²) in [7, 11) is 0. The van der Waals surface area contributed by atoms with Crippen molar-refractivity contribution in [2.45, 2.75) is 19.8 Å². The molecule has 1 nitrogen and oxygen atoms in total. The minimum absolute atomic E-state index is 0.989. The summed E-state index contributed by atoms with van der Waals surface area (Å²) < 4.78 is 0. The monoisotopic (exact) mass is 199 g/mol. The van der Waals surface area contributed by atoms with Gasteiger partial charge in [-0.1, -0.05) is 50.3 Å². The Morgan fingerprint density at radius 2 is 2.07 bits per heavy atom. The van der Waals surface area contributed by atoms with Gasteiger partial charge in [0, 0.05) is 6.21 Å². The van der Waals surface area contributed by atoms with Crippen molar-refractivity contribution in [2.24, 2.45) is 4.99 Å². The lowest BCUT2D eigenvalue weighted by Crippen LogP contribution is -1.83. The quantitative estimate of drug-likeness (QED) is 0.495. The van der Waals surface area contributed by atoms with E-state index in [0.717, 1.165) is 18.5 Å². The lowest BCUT2D eigenvalue weighted by atomic mass is 10.1. The Morgan fingerprint density at radius 3 is 2.67 bits per heavy atom. The second-order valence-corrected chi connectivity index (χ2v) is 3.32. The molecular weight excluding hydrogens is 182 g/mol. The van der Waals surface area contributed by atoms with Crippen LogP contribution in [0.15, 0.2) is 59.6 Å². The number of allylic oxidation sites excluding steroid dienone is 3. The van der Waals surface area contributed by atoms with Crippen LogP contribution in [0.2, 0.25) is 0 Å². The van der Waals surface area contributed by atoms with Gasteiger partial charge in [-0.3, -0.25) is 4.99 Å². The predicted molar refractivity (Wildman–Crippen MR) is 67.8 cm³/mol. The number of para-hydroxylation sites is 1. The van der Waals surface area contributed by atoms with Crippen LogP contribution in [-0.4, -0.2) is 6.21 Å². The highest BCUT2D eigenvalue weighted by Crippen LogP contribution is 2.11. The average molecular weight is 199 g/mol. The summed E-state index contributed by atoms with van der Waals surface area (Å²) >= 11 is 0. The number of rotatable bonds is 5. The SMILES string of the molecule is C=CC=C(C=Nc1ccccc1)CCC. The minimum Gasteiger partial charge on any atom is -0.257 e. The molecule has 1 aromatic carbocycles. The van der Waals surface area contributed by atoms with Crippen LogP contribution in [0, 0.1) is 0 Å². The molecule has 0 bridgehead atoms. The molecule has 0 saturated heterocycles. The van der Waals surface area contributed by atoms with E-state index < -0.39 is 0 Å². The van der Waals surface area contributed by atoms with Crippen LogP contribution in [0.5, 0.6) is 0 Å². The van der Waals surface area contributed by atoms with Crippen LogP contribution < -0.4 is 0 Å². The maximum atomic E-state index is 4.40. The van der Waals surface area contributed by atoms with E-state index in [0.29, 0.717) is 0 Å². The van der Waals surface area contributed by atoms with Crippen molar-refractivity contribution in [1.82, 2.24) is 0 Å². The second kappa shape index (κ2) is 6.77. The molecule has 0 heterocycles. The van der Waals surface area contributed by atoms with E-state index in [1.54, 1.807) is 0 Å². The van der Waals surface area contributed by atoms with Gasteiger partial charge in [-0.25, -0.2) is 0 Å². The molecule has 1 heteroatoms. The third-order valence-electron chi connectivity index (χ3n) is 2.01. The largest absolute Gasteiger partial charge is 0.257 e. The molecule has 0 aliphatic heterocycles. The molecule has 0 amide bonds. The average Bonchev–Trinajstić information content (AvgIpc) is 2.28. The van der Waals surface area contributed by atoms with Gasteiger partial charge >= 0.3 is 0 Å². The highest BCUT2D eigenvalue weighted by molar-refractivity contribution is 5.81. The van der Waals surface area contributed by atoms with Gasteiger partial charge < -0.3 is 0 Å². The minimum atomic E-state index is 0.989. The van der Waals surface area contributed by atoms with Gasteiger partial charge in [-0.15, -0.1) is 0 Å². The highest BCUT2D eigenvalue weighted by atomic mass is 14.7. The highest BCUT2D eigenvalue weighted by Gasteiger charge is 1.90. The molecule has 0 N–H and O–H groups in total. The van der Waals surface area contributed by atoms with Crippen LogP contribution >= 0.6 is 0 Å². The van der Waals surface area contributed by atoms with Gasteiger partial charge in [0.25, 0.3) is 0 Å². The summed E-state index contributed by atoms with van der Waals surface area (Å²) in [6, 6.07) is 9.96. The van der Waals surface area contributed by atoms with Crippen molar-refractivity contribution in [3.63, 3.8) is 0 Å². The fraction of sp³-hybridized carbons (Fsp3) is 0.214. The van der Waals surface area contributed by atoms with Gasteiger partial charge in [0.05, 0.1) is 5.69 Å². The Kier molecular flexibility index (Phi) is 5.16. The van der Waals surface area contributed by atoms with Crippen molar-refractivity contribution in [3.8, 4) is 0 Å². The first kappa shape index (κ1) is 11.4. The summed E-state index contributed by atoms with van der Waals surface area (Å²) in [5.74, 6) is 0. The second-order valence-electron chi connectivity index (χ2n) is 3.32. The first-order valence-electron chi connectivity index (χ1n) is 5.27. The molecule has 15 heavy (non-hydrogen) atoms. The Hall–Kier alpha value is -1.63. The lowest BCUT2D eigenvalue weighted by Gasteiger charge is -1.97. The standard InChI is InChI=1S/C14H17N/c1-3-8-13(9-4-2)12-15-14-10-6-5-7-11-14/h3,5-8,10-12H,1,4,9H2,2H3. The lowest BCUT2D eigenvalue weighted by molar-refractivity contribution is 0.939. The smallest absolute Gasteiger partial charge is 0.0629 e. The fourth-order valence-electron chi connectivity index (χ4n) is 1.30. The predicted octanol–water partition coefficient (Wildman–Crippen LogP) is 4.30. The number of hydrogen-bond donors (Lipinski definition) is 0. The summed E-state index contributed by atoms with van der Waals surface area (Å²) in [4.78, 5) is 4.40. The van der Waals surface area contributed by atoms with Crippen LogP contribution in [0.25, 0.3) is 0 Å². The van der Waals surface area contributed by atoms with E-state index in [4.69, 9.17) is 0 Å². The van der Waals surface area contributed by atoms with Crippen LogP contribution in [0.3, 0.4) is 0 Å². The van der Waals surface area contributed by atoms with Gasteiger partial charge in [0.2, 0.25) is 0 Å². The first-order valence-corrected chi connectivity index (χ1v) is 5.27. The summed E-state index contributed by atoms with van der Waals surface area (Å²) in [5, 5.41) is 0. The van der Waals surface area contributed by atoms with Gasteiger partial charge in [-0.05, 0) is 24.1 Å². The maximum Gasteiger partial charge on any atom is 0.0629 e. The third-order valence-corrected chi connectivity index (χ3v) is 2.01. The van der Waals surface area contributed by atoms with Crippen molar-refractivity contribution in [1.29, 1.82) is 0 Å². The molecule has 0 aliphatic carbocycles. The molecule has 0 atom stereocenters. The number of hydrogen-bond acceptors (Lipinski definition) is 1. The Labute approximate surface area is 91.9 Å². The van der Waals surface area contributed by atoms with Gasteiger partial charge in [0.1, 0.15) is 0 Å². The van der Waals surface area contributed by atoms with Gasteiger partial charge in [0.15, 0.2) is 0 Å². The number of aliphatic imine (C=N–C) groups is 1. The molecule has 78 valence electrons. The zero-order chi connectivity index (χ0) is 10.9. The fourth-order valence-corrected chi connectivity index (χ4v) is 1.30. The normalized spacial score (nSPS) is 11.9. The topological polar surface area (TPSA) is 12.4 Å². The summed E-state index contributed by atoms with van der Waals surface area (Å²) in [5.41, 5.74) is 2.21. The Morgan fingerprint density at radius 1 is 1.33 bits per heavy atom. The third kappa shape index (κ3) is 4.41. The van der Waals surface area contributed by atoms with Crippen LogP contribution in [0.4, 0.5) is 5.69 Å². The van der Waals surface area contributed by atoms with E-state index in [9.17, 15) is 0 Å². The molecule has 1 rings (SSSR count). The van der Waals surface area contributed by atoms with Crippen molar-refractivity contribution >= 4 is 11.9 Å². The molecule has 1 aromatic rings. The van der Waals surface area contributed by atoms with Crippen LogP contribution in [-0.2, 0) is 0 Å². The van der Waals surface area contributed by atoms with Gasteiger partial charge in [-0.2, -0.15) is 0 Å². The van der Waals surface area contributed by atoms with E-state index in [1.807, 2.05) is 48.7 Å². The molecule has 0 spiro atoms. The summed E-state index contributed by atoms with van der Waals surface area (Å²) in [6.07, 6.45) is 7.90. The van der Waals surface area contributed by atoms with E-state index in [2.05, 4.69) is 18.5 Å². The Balaban J connectivity index is 2.70. The molecule has 0 aromatic heterocycles. The van der Waals surface area contributed by atoms with E-state index in [-0.39, 0.29) is 0 Å². The van der Waals surface area contributed by atoms with Crippen molar-refractivity contribution in [2.75, 3.05) is 0 Å². The molecule has 0 fully saturated rings. The molecular formula is C14H17N. The molecule has 0 radical (unpaired) electrons. The zero-order valence-corrected chi connectivity index (χ0v) is 9.19.